The minimum absolute atomic E-state index is 0.00480. The molecule has 2 N–H and O–H groups in total. The number of ether oxygens (including phenoxy) is 1. The van der Waals surface area contributed by atoms with E-state index >= 15 is 0 Å². The summed E-state index contributed by atoms with van der Waals surface area (Å²) in [7, 11) is 0. The van der Waals surface area contributed by atoms with E-state index in [1.807, 2.05) is 0 Å². The predicted octanol–water partition coefficient (Wildman–Crippen LogP) is 2.73. The monoisotopic (exact) mass is 235 g/mol. The van der Waals surface area contributed by atoms with Crippen LogP contribution in [0.2, 0.25) is 5.02 Å². The minimum atomic E-state index is -2.99. The first kappa shape index (κ1) is 11.7. The molecule has 15 heavy (non-hydrogen) atoms. The second-order valence-corrected chi connectivity index (χ2v) is 3.15. The molecule has 0 aliphatic rings. The summed E-state index contributed by atoms with van der Waals surface area (Å²) >= 11 is 5.69. The normalized spacial score (nSPS) is 10.5. The molecule has 1 rings (SSSR count). The van der Waals surface area contributed by atoms with Gasteiger partial charge < -0.3 is 10.5 Å². The van der Waals surface area contributed by atoms with Crippen LogP contribution in [0.25, 0.3) is 0 Å². The Kier molecular flexibility index (Phi) is 3.47. The molecule has 0 saturated carbocycles. The van der Waals surface area contributed by atoms with Crippen molar-refractivity contribution in [2.24, 2.45) is 0 Å². The Bertz CT molecular complexity index is 396. The third kappa shape index (κ3) is 2.56. The number of carbonyl (C=O) groups excluding carboxylic acids is 1. The van der Waals surface area contributed by atoms with Crippen molar-refractivity contribution < 1.29 is 18.3 Å². The molecule has 0 amide bonds. The number of carbonyl (C=O) groups is 1. The van der Waals surface area contributed by atoms with Gasteiger partial charge in [0.15, 0.2) is 5.78 Å². The fourth-order valence-electron chi connectivity index (χ4n) is 1.12. The summed E-state index contributed by atoms with van der Waals surface area (Å²) in [5.74, 6) is -0.664. The zero-order chi connectivity index (χ0) is 11.6. The summed E-state index contributed by atoms with van der Waals surface area (Å²) in [4.78, 5) is 11.1. The number of Topliss-reactive ketones (excluding diaryl/α,β-unsaturated/α-hetero) is 1. The number of alkyl halides is 2. The molecule has 0 radical (unpaired) electrons. The lowest BCUT2D eigenvalue weighted by molar-refractivity contribution is -0.0498. The lowest BCUT2D eigenvalue weighted by atomic mass is 10.1. The van der Waals surface area contributed by atoms with E-state index in [1.165, 1.54) is 19.1 Å². The molecule has 82 valence electrons. The summed E-state index contributed by atoms with van der Waals surface area (Å²) < 4.78 is 28.0. The van der Waals surface area contributed by atoms with E-state index in [9.17, 15) is 13.6 Å². The van der Waals surface area contributed by atoms with E-state index < -0.39 is 12.4 Å². The van der Waals surface area contributed by atoms with E-state index in [1.54, 1.807) is 0 Å². The lowest BCUT2D eigenvalue weighted by Crippen LogP contribution is -2.06. The Morgan fingerprint density at radius 2 is 2.13 bits per heavy atom. The highest BCUT2D eigenvalue weighted by molar-refractivity contribution is 6.36. The summed E-state index contributed by atoms with van der Waals surface area (Å²) in [5.41, 5.74) is 5.60. The van der Waals surface area contributed by atoms with Crippen LogP contribution in [0.15, 0.2) is 12.1 Å². The first-order valence-electron chi connectivity index (χ1n) is 3.97. The molecular weight excluding hydrogens is 228 g/mol. The maximum absolute atomic E-state index is 11.9. The van der Waals surface area contributed by atoms with Gasteiger partial charge in [0.05, 0.1) is 10.6 Å². The Morgan fingerprint density at radius 3 is 2.60 bits per heavy atom. The second kappa shape index (κ2) is 4.44. The average molecular weight is 236 g/mol. The van der Waals surface area contributed by atoms with Gasteiger partial charge >= 0.3 is 6.61 Å². The van der Waals surface area contributed by atoms with Crippen LogP contribution < -0.4 is 10.5 Å². The summed E-state index contributed by atoms with van der Waals surface area (Å²) in [6.45, 7) is -1.75. The number of anilines is 1. The van der Waals surface area contributed by atoms with Gasteiger partial charge in [-0.05, 0) is 19.1 Å². The highest BCUT2D eigenvalue weighted by atomic mass is 35.5. The van der Waals surface area contributed by atoms with E-state index in [0.29, 0.717) is 0 Å². The first-order valence-corrected chi connectivity index (χ1v) is 4.35. The Hall–Kier alpha value is -1.36. The number of rotatable bonds is 3. The largest absolute Gasteiger partial charge is 0.433 e. The molecule has 0 unspecified atom stereocenters. The van der Waals surface area contributed by atoms with E-state index in [2.05, 4.69) is 4.74 Å². The molecule has 0 bridgehead atoms. The third-order valence-electron chi connectivity index (χ3n) is 1.71. The molecule has 0 atom stereocenters. The van der Waals surface area contributed by atoms with Crippen LogP contribution in [0.4, 0.5) is 14.5 Å². The van der Waals surface area contributed by atoms with Gasteiger partial charge in [-0.25, -0.2) is 0 Å². The number of nitrogens with two attached hydrogens (primary N) is 1. The Balaban J connectivity index is 3.22. The highest BCUT2D eigenvalue weighted by Crippen LogP contribution is 2.33. The summed E-state index contributed by atoms with van der Waals surface area (Å²) in [6.07, 6.45) is 0. The van der Waals surface area contributed by atoms with Crippen LogP contribution in [-0.4, -0.2) is 12.4 Å². The van der Waals surface area contributed by atoms with Crippen LogP contribution in [0.3, 0.4) is 0 Å². The summed E-state index contributed by atoms with van der Waals surface area (Å²) in [6, 6.07) is 2.48. The summed E-state index contributed by atoms with van der Waals surface area (Å²) in [5, 5.41) is -0.192. The highest BCUT2D eigenvalue weighted by Gasteiger charge is 2.17. The van der Waals surface area contributed by atoms with Crippen molar-refractivity contribution in [3.8, 4) is 5.75 Å². The second-order valence-electron chi connectivity index (χ2n) is 2.78. The van der Waals surface area contributed by atoms with Gasteiger partial charge in [0.25, 0.3) is 0 Å². The smallest absolute Gasteiger partial charge is 0.387 e. The fourth-order valence-corrected chi connectivity index (χ4v) is 1.47. The van der Waals surface area contributed by atoms with Gasteiger partial charge in [-0.3, -0.25) is 4.79 Å². The number of halogens is 3. The molecule has 3 nitrogen and oxygen atoms in total. The number of benzene rings is 1. The van der Waals surface area contributed by atoms with E-state index in [0.717, 1.165) is 0 Å². The molecule has 0 spiro atoms. The molecule has 0 aliphatic carbocycles. The number of hydrogen-bond acceptors (Lipinski definition) is 3. The van der Waals surface area contributed by atoms with Crippen molar-refractivity contribution in [2.75, 3.05) is 5.73 Å². The van der Waals surface area contributed by atoms with Crippen molar-refractivity contribution in [2.45, 2.75) is 13.5 Å². The van der Waals surface area contributed by atoms with Crippen molar-refractivity contribution in [3.05, 3.63) is 22.7 Å². The predicted molar refractivity (Wildman–Crippen MR) is 52.5 cm³/mol. The van der Waals surface area contributed by atoms with Crippen LogP contribution in [-0.2, 0) is 0 Å². The molecule has 6 heteroatoms. The van der Waals surface area contributed by atoms with Crippen molar-refractivity contribution >= 4 is 23.1 Å². The van der Waals surface area contributed by atoms with Crippen molar-refractivity contribution in [1.82, 2.24) is 0 Å². The number of ketones is 1. The van der Waals surface area contributed by atoms with Gasteiger partial charge in [0.1, 0.15) is 5.75 Å². The Morgan fingerprint density at radius 1 is 1.53 bits per heavy atom. The average Bonchev–Trinajstić information content (AvgIpc) is 2.09. The van der Waals surface area contributed by atoms with E-state index in [-0.39, 0.29) is 22.0 Å². The minimum Gasteiger partial charge on any atom is -0.433 e. The zero-order valence-electron chi connectivity index (χ0n) is 7.76. The maximum atomic E-state index is 11.9. The van der Waals surface area contributed by atoms with Gasteiger partial charge in [-0.15, -0.1) is 0 Å². The van der Waals surface area contributed by atoms with Crippen LogP contribution in [0.5, 0.6) is 5.75 Å². The van der Waals surface area contributed by atoms with Gasteiger partial charge in [0, 0.05) is 5.69 Å². The topological polar surface area (TPSA) is 52.3 Å². The standard InChI is InChI=1S/C9H8ClF2NO2/c1-4(14)7-5(13)2-3-6(8(7)10)15-9(11)12/h2-3,9H,13H2,1H3. The Labute approximate surface area is 89.8 Å². The fraction of sp³-hybridized carbons (Fsp3) is 0.222. The van der Waals surface area contributed by atoms with Gasteiger partial charge in [-0.2, -0.15) is 8.78 Å². The van der Waals surface area contributed by atoms with Gasteiger partial charge in [-0.1, -0.05) is 11.6 Å². The van der Waals surface area contributed by atoms with Crippen LogP contribution >= 0.6 is 11.6 Å². The SMILES string of the molecule is CC(=O)c1c(N)ccc(OC(F)F)c1Cl. The molecule has 0 saturated heterocycles. The molecule has 0 fully saturated rings. The first-order chi connectivity index (χ1) is 6.93. The maximum Gasteiger partial charge on any atom is 0.387 e. The van der Waals surface area contributed by atoms with Crippen molar-refractivity contribution in [3.63, 3.8) is 0 Å². The molecule has 0 aromatic heterocycles. The van der Waals surface area contributed by atoms with Crippen LogP contribution in [0.1, 0.15) is 17.3 Å². The third-order valence-corrected chi connectivity index (χ3v) is 2.08. The quantitative estimate of drug-likeness (QED) is 0.647. The molecular formula is C9H8ClF2NO2. The lowest BCUT2D eigenvalue weighted by Gasteiger charge is -2.10. The van der Waals surface area contributed by atoms with E-state index in [4.69, 9.17) is 17.3 Å². The molecule has 0 heterocycles. The molecule has 1 aromatic carbocycles. The van der Waals surface area contributed by atoms with Crippen LogP contribution in [0, 0.1) is 0 Å². The number of hydrogen-bond donors (Lipinski definition) is 1. The zero-order valence-corrected chi connectivity index (χ0v) is 8.52. The number of nitrogen functional groups attached to an aromatic ring is 1. The molecule has 0 aliphatic heterocycles. The molecule has 1 aromatic rings. The van der Waals surface area contributed by atoms with Gasteiger partial charge in [0.2, 0.25) is 0 Å². The van der Waals surface area contributed by atoms with Crippen molar-refractivity contribution in [1.29, 1.82) is 0 Å².